The second-order valence-electron chi connectivity index (χ2n) is 10.2. The molecule has 3 N–H and O–H groups in total. The van der Waals surface area contributed by atoms with Gasteiger partial charge in [-0.25, -0.2) is 4.98 Å². The molecule has 36 heavy (non-hydrogen) atoms. The fraction of sp³-hybridized carbons (Fsp3) is 0.345. The van der Waals surface area contributed by atoms with Crippen LogP contribution in [0.15, 0.2) is 53.5 Å². The topological polar surface area (TPSA) is 93.2 Å². The van der Waals surface area contributed by atoms with Crippen molar-refractivity contribution in [1.29, 1.82) is 0 Å². The zero-order valence-electron chi connectivity index (χ0n) is 20.4. The summed E-state index contributed by atoms with van der Waals surface area (Å²) in [6.07, 6.45) is 5.48. The number of hydrogen-bond donors (Lipinski definition) is 2. The van der Waals surface area contributed by atoms with Crippen molar-refractivity contribution in [1.82, 2.24) is 9.55 Å². The maximum absolute atomic E-state index is 13.0. The van der Waals surface area contributed by atoms with Crippen molar-refractivity contribution in [2.24, 2.45) is 18.2 Å². The van der Waals surface area contributed by atoms with Gasteiger partial charge in [0.1, 0.15) is 5.56 Å². The van der Waals surface area contributed by atoms with E-state index in [4.69, 9.17) is 5.73 Å². The Morgan fingerprint density at radius 3 is 2.75 bits per heavy atom. The highest BCUT2D eigenvalue weighted by Crippen LogP contribution is 2.50. The molecule has 1 aromatic heterocycles. The molecule has 1 spiro atoms. The predicted octanol–water partition coefficient (Wildman–Crippen LogP) is 2.71. The average Bonchev–Trinajstić information content (AvgIpc) is 3.38. The smallest absolute Gasteiger partial charge is 0.270 e. The van der Waals surface area contributed by atoms with Crippen molar-refractivity contribution in [3.05, 3.63) is 86.8 Å². The first-order valence-corrected chi connectivity index (χ1v) is 12.5. The fourth-order valence-corrected chi connectivity index (χ4v) is 5.99. The van der Waals surface area contributed by atoms with Crippen LogP contribution in [-0.2, 0) is 31.1 Å². The minimum Gasteiger partial charge on any atom is -0.342 e. The van der Waals surface area contributed by atoms with Crippen LogP contribution >= 0.6 is 0 Å². The van der Waals surface area contributed by atoms with E-state index in [2.05, 4.69) is 51.3 Å². The van der Waals surface area contributed by atoms with Gasteiger partial charge < -0.3 is 16.0 Å². The summed E-state index contributed by atoms with van der Waals surface area (Å²) in [6.45, 7) is 1.64. The highest BCUT2D eigenvalue weighted by molar-refractivity contribution is 5.99. The lowest BCUT2D eigenvalue weighted by molar-refractivity contribution is -0.115. The van der Waals surface area contributed by atoms with Gasteiger partial charge in [0.15, 0.2) is 0 Å². The zero-order chi connectivity index (χ0) is 24.9. The summed E-state index contributed by atoms with van der Waals surface area (Å²) >= 11 is 0. The number of nitrogens with one attached hydrogen (secondary N) is 1. The van der Waals surface area contributed by atoms with Gasteiger partial charge in [-0.05, 0) is 53.0 Å². The Kier molecular flexibility index (Phi) is 5.42. The molecule has 0 unspecified atom stereocenters. The number of hydrogen-bond acceptors (Lipinski definition) is 5. The van der Waals surface area contributed by atoms with Crippen molar-refractivity contribution < 1.29 is 4.79 Å². The van der Waals surface area contributed by atoms with E-state index in [-0.39, 0.29) is 22.9 Å². The maximum Gasteiger partial charge on any atom is 0.270 e. The van der Waals surface area contributed by atoms with Crippen LogP contribution in [0.3, 0.4) is 0 Å². The van der Waals surface area contributed by atoms with E-state index in [0.29, 0.717) is 24.4 Å². The van der Waals surface area contributed by atoms with Crippen molar-refractivity contribution in [2.45, 2.75) is 38.1 Å². The average molecular weight is 480 g/mol. The molecule has 0 radical (unpaired) electrons. The number of piperidine rings is 1. The summed E-state index contributed by atoms with van der Waals surface area (Å²) in [5.41, 5.74) is 12.6. The van der Waals surface area contributed by atoms with E-state index in [1.807, 2.05) is 18.2 Å². The van der Waals surface area contributed by atoms with Crippen LogP contribution in [0.2, 0.25) is 0 Å². The molecule has 2 aliphatic heterocycles. The molecular formula is C29H29N5O2. The summed E-state index contributed by atoms with van der Waals surface area (Å²) in [5.74, 6) is 6.78. The summed E-state index contributed by atoms with van der Waals surface area (Å²) in [5, 5.41) is 2.86. The van der Waals surface area contributed by atoms with E-state index in [1.165, 1.54) is 11.1 Å². The first-order chi connectivity index (χ1) is 17.4. The highest BCUT2D eigenvalue weighted by Gasteiger charge is 2.46. The van der Waals surface area contributed by atoms with Gasteiger partial charge in [0.2, 0.25) is 11.9 Å². The summed E-state index contributed by atoms with van der Waals surface area (Å²) in [6, 6.07) is 14.5. The number of nitrogens with two attached hydrogens (primary N) is 1. The number of carbonyl (C=O) groups excluding carboxylic acids is 1. The molecule has 1 saturated heterocycles. The van der Waals surface area contributed by atoms with E-state index < -0.39 is 0 Å². The number of amides is 1. The van der Waals surface area contributed by atoms with Gasteiger partial charge in [-0.2, -0.15) is 0 Å². The number of anilines is 2. The fourth-order valence-electron chi connectivity index (χ4n) is 5.99. The number of aromatic nitrogens is 2. The Morgan fingerprint density at radius 2 is 1.94 bits per heavy atom. The monoisotopic (exact) mass is 479 g/mol. The SMILES string of the molecule is Cn1c(N2CCC3(CC2)Cc2ccccc2[C@H]3N)ncc(C#CCc2ccc3c(c2)NC(=O)C3)c1=O. The molecule has 182 valence electrons. The van der Waals surface area contributed by atoms with Crippen LogP contribution in [0.25, 0.3) is 0 Å². The molecule has 1 aliphatic carbocycles. The molecule has 3 aromatic rings. The molecule has 7 nitrogen and oxygen atoms in total. The number of carbonyl (C=O) groups is 1. The third-order valence-corrected chi connectivity index (χ3v) is 8.09. The number of nitrogens with zero attached hydrogens (tertiary/aromatic N) is 3. The Morgan fingerprint density at radius 1 is 1.14 bits per heavy atom. The molecule has 7 heteroatoms. The van der Waals surface area contributed by atoms with Gasteiger partial charge in [-0.1, -0.05) is 48.2 Å². The first kappa shape index (κ1) is 22.6. The molecular weight excluding hydrogens is 450 g/mol. The normalized spacial score (nSPS) is 19.4. The van der Waals surface area contributed by atoms with Crippen LogP contribution in [0, 0.1) is 17.3 Å². The quantitative estimate of drug-likeness (QED) is 0.552. The first-order valence-electron chi connectivity index (χ1n) is 12.5. The molecule has 0 saturated carbocycles. The largest absolute Gasteiger partial charge is 0.342 e. The van der Waals surface area contributed by atoms with Gasteiger partial charge in [-0.3, -0.25) is 14.2 Å². The minimum absolute atomic E-state index is 0.0166. The van der Waals surface area contributed by atoms with Crippen molar-refractivity contribution in [3.63, 3.8) is 0 Å². The van der Waals surface area contributed by atoms with Crippen LogP contribution in [0.1, 0.15) is 46.7 Å². The lowest BCUT2D eigenvalue weighted by Gasteiger charge is -2.42. The molecule has 1 atom stereocenters. The summed E-state index contributed by atoms with van der Waals surface area (Å²) < 4.78 is 1.61. The van der Waals surface area contributed by atoms with Gasteiger partial charge >= 0.3 is 0 Å². The van der Waals surface area contributed by atoms with E-state index in [9.17, 15) is 9.59 Å². The third-order valence-electron chi connectivity index (χ3n) is 8.09. The van der Waals surface area contributed by atoms with E-state index in [1.54, 1.807) is 17.8 Å². The Bertz CT molecular complexity index is 1490. The van der Waals surface area contributed by atoms with Gasteiger partial charge in [0.05, 0.1) is 12.6 Å². The van der Waals surface area contributed by atoms with Gasteiger partial charge in [-0.15, -0.1) is 0 Å². The Labute approximate surface area is 210 Å². The van der Waals surface area contributed by atoms with Gasteiger partial charge in [0.25, 0.3) is 5.56 Å². The Balaban J connectivity index is 1.14. The number of fused-ring (bicyclic) bond motifs is 2. The number of benzene rings is 2. The second-order valence-corrected chi connectivity index (χ2v) is 10.2. The zero-order valence-corrected chi connectivity index (χ0v) is 20.4. The molecule has 0 bridgehead atoms. The molecule has 3 heterocycles. The lowest BCUT2D eigenvalue weighted by atomic mass is 9.73. The van der Waals surface area contributed by atoms with Crippen LogP contribution < -0.4 is 21.5 Å². The van der Waals surface area contributed by atoms with Crippen molar-refractivity contribution >= 4 is 17.5 Å². The van der Waals surface area contributed by atoms with Crippen molar-refractivity contribution in [2.75, 3.05) is 23.3 Å². The van der Waals surface area contributed by atoms with E-state index in [0.717, 1.165) is 49.2 Å². The van der Waals surface area contributed by atoms with Gasteiger partial charge in [0, 0.05) is 38.3 Å². The van der Waals surface area contributed by atoms with E-state index >= 15 is 0 Å². The molecule has 2 aromatic carbocycles. The van der Waals surface area contributed by atoms with Crippen LogP contribution in [0.4, 0.5) is 11.6 Å². The molecule has 3 aliphatic rings. The highest BCUT2D eigenvalue weighted by atomic mass is 16.2. The summed E-state index contributed by atoms with van der Waals surface area (Å²) in [4.78, 5) is 31.4. The standard InChI is InChI=1S/C29H29N5O2/c1-33-27(36)22(7-4-5-19-9-10-20-16-25(35)32-24(20)15-19)18-31-28(33)34-13-11-29(12-14-34)17-21-6-2-3-8-23(21)26(29)30/h2-3,6,8-10,15,18,26H,5,11-14,16-17,30H2,1H3,(H,32,35)/t26-/m1/s1. The number of rotatable bonds is 2. The Hall–Kier alpha value is -3.89. The summed E-state index contributed by atoms with van der Waals surface area (Å²) in [7, 11) is 1.76. The third kappa shape index (κ3) is 3.78. The molecule has 1 amide bonds. The molecule has 6 rings (SSSR count). The predicted molar refractivity (Wildman–Crippen MR) is 140 cm³/mol. The second kappa shape index (κ2) is 8.65. The van der Waals surface area contributed by atoms with Crippen molar-refractivity contribution in [3.8, 4) is 11.8 Å². The minimum atomic E-state index is -0.140. The molecule has 1 fully saturated rings. The van der Waals surface area contributed by atoms with Crippen LogP contribution in [-0.4, -0.2) is 28.5 Å². The maximum atomic E-state index is 13.0. The lowest BCUT2D eigenvalue weighted by Crippen LogP contribution is -2.46. The van der Waals surface area contributed by atoms with Crippen LogP contribution in [0.5, 0.6) is 0 Å².